The molecular weight excluding hydrogens is 246 g/mol. The summed E-state index contributed by atoms with van der Waals surface area (Å²) in [6.45, 7) is 4.73. The molecule has 0 aromatic carbocycles. The highest BCUT2D eigenvalue weighted by Crippen LogP contribution is 2.28. The second-order valence-corrected chi connectivity index (χ2v) is 6.47. The Labute approximate surface area is 122 Å². The minimum Gasteiger partial charge on any atom is -0.371 e. The molecule has 2 fully saturated rings. The summed E-state index contributed by atoms with van der Waals surface area (Å²) < 4.78 is 0. The maximum Gasteiger partial charge on any atom is 0.0397 e. The Kier molecular flexibility index (Phi) is 4.56. The van der Waals surface area contributed by atoms with Crippen LogP contribution in [0.1, 0.15) is 45.4 Å². The fraction of sp³-hybridized carbons (Fsp3) is 0.706. The second-order valence-electron chi connectivity index (χ2n) is 6.47. The number of hydrogen-bond acceptors (Lipinski definition) is 3. The maximum atomic E-state index is 4.10. The van der Waals surface area contributed by atoms with Gasteiger partial charge in [-0.1, -0.05) is 12.8 Å². The molecule has 0 radical (unpaired) electrons. The Balaban J connectivity index is 1.46. The number of nitrogens with one attached hydrogen (secondary N) is 1. The van der Waals surface area contributed by atoms with Gasteiger partial charge in [0, 0.05) is 43.3 Å². The van der Waals surface area contributed by atoms with Gasteiger partial charge in [0.2, 0.25) is 0 Å². The molecule has 1 N–H and O–H groups in total. The lowest BCUT2D eigenvalue weighted by Gasteiger charge is -2.36. The monoisotopic (exact) mass is 273 g/mol. The molecule has 1 aromatic heterocycles. The van der Waals surface area contributed by atoms with E-state index >= 15 is 0 Å². The molecule has 2 aliphatic rings. The highest BCUT2D eigenvalue weighted by molar-refractivity contribution is 5.44. The molecule has 0 bridgehead atoms. The Hall–Kier alpha value is -1.09. The van der Waals surface area contributed by atoms with E-state index in [1.54, 1.807) is 0 Å². The van der Waals surface area contributed by atoms with E-state index in [1.807, 2.05) is 12.4 Å². The summed E-state index contributed by atoms with van der Waals surface area (Å²) in [5.74, 6) is 0.924. The average molecular weight is 273 g/mol. The number of hydrogen-bond donors (Lipinski definition) is 1. The van der Waals surface area contributed by atoms with Gasteiger partial charge in [-0.15, -0.1) is 0 Å². The van der Waals surface area contributed by atoms with Gasteiger partial charge in [-0.3, -0.25) is 4.98 Å². The molecule has 0 spiro atoms. The van der Waals surface area contributed by atoms with E-state index < -0.39 is 0 Å². The molecule has 0 amide bonds. The summed E-state index contributed by atoms with van der Waals surface area (Å²) in [6, 6.07) is 5.66. The van der Waals surface area contributed by atoms with E-state index in [4.69, 9.17) is 0 Å². The van der Waals surface area contributed by atoms with Crippen molar-refractivity contribution in [2.75, 3.05) is 18.0 Å². The van der Waals surface area contributed by atoms with Crippen LogP contribution in [0, 0.1) is 5.92 Å². The summed E-state index contributed by atoms with van der Waals surface area (Å²) in [5, 5.41) is 3.89. The van der Waals surface area contributed by atoms with Crippen LogP contribution >= 0.6 is 0 Å². The molecule has 2 heterocycles. The van der Waals surface area contributed by atoms with E-state index in [0.29, 0.717) is 12.1 Å². The van der Waals surface area contributed by atoms with Crippen molar-refractivity contribution in [3.8, 4) is 0 Å². The Morgan fingerprint density at radius 3 is 2.40 bits per heavy atom. The molecule has 0 unspecified atom stereocenters. The smallest absolute Gasteiger partial charge is 0.0397 e. The van der Waals surface area contributed by atoms with Gasteiger partial charge in [0.25, 0.3) is 0 Å². The lowest BCUT2D eigenvalue weighted by Crippen LogP contribution is -2.47. The summed E-state index contributed by atoms with van der Waals surface area (Å²) in [5.41, 5.74) is 1.32. The first-order chi connectivity index (χ1) is 9.83. The topological polar surface area (TPSA) is 28.2 Å². The molecule has 1 aliphatic heterocycles. The number of aromatic nitrogens is 1. The van der Waals surface area contributed by atoms with Crippen LogP contribution in [0.3, 0.4) is 0 Å². The average Bonchev–Trinajstić information content (AvgIpc) is 3.03. The Bertz CT molecular complexity index is 392. The Morgan fingerprint density at radius 2 is 1.75 bits per heavy atom. The lowest BCUT2D eigenvalue weighted by atomic mass is 9.96. The zero-order chi connectivity index (χ0) is 13.8. The van der Waals surface area contributed by atoms with E-state index in [0.717, 1.165) is 5.92 Å². The molecule has 1 saturated heterocycles. The van der Waals surface area contributed by atoms with Crippen LogP contribution in [-0.4, -0.2) is 30.2 Å². The van der Waals surface area contributed by atoms with Crippen LogP contribution in [0.5, 0.6) is 0 Å². The van der Waals surface area contributed by atoms with Gasteiger partial charge in [-0.25, -0.2) is 0 Å². The normalized spacial score (nSPS) is 23.1. The molecule has 3 rings (SSSR count). The summed E-state index contributed by atoms with van der Waals surface area (Å²) in [4.78, 5) is 6.59. The molecule has 1 saturated carbocycles. The minimum atomic E-state index is 0.704. The van der Waals surface area contributed by atoms with Gasteiger partial charge in [0.1, 0.15) is 0 Å². The van der Waals surface area contributed by atoms with Crippen LogP contribution in [0.15, 0.2) is 24.5 Å². The summed E-state index contributed by atoms with van der Waals surface area (Å²) >= 11 is 0. The van der Waals surface area contributed by atoms with E-state index in [-0.39, 0.29) is 0 Å². The first-order valence-electron chi connectivity index (χ1n) is 8.24. The quantitative estimate of drug-likeness (QED) is 0.913. The number of pyridine rings is 1. The minimum absolute atomic E-state index is 0.704. The predicted octanol–water partition coefficient (Wildman–Crippen LogP) is 3.22. The zero-order valence-corrected chi connectivity index (χ0v) is 12.6. The van der Waals surface area contributed by atoms with Crippen molar-refractivity contribution < 1.29 is 0 Å². The zero-order valence-electron chi connectivity index (χ0n) is 12.6. The van der Waals surface area contributed by atoms with Gasteiger partial charge in [0.05, 0.1) is 0 Å². The SMILES string of the molecule is C[C@H](NC1CCN(c2ccncc2)CC1)C1CCCC1. The van der Waals surface area contributed by atoms with Crippen molar-refractivity contribution in [2.24, 2.45) is 5.92 Å². The van der Waals surface area contributed by atoms with Gasteiger partial charge >= 0.3 is 0 Å². The van der Waals surface area contributed by atoms with Crippen LogP contribution < -0.4 is 10.2 Å². The van der Waals surface area contributed by atoms with Gasteiger partial charge < -0.3 is 10.2 Å². The first kappa shape index (κ1) is 13.9. The van der Waals surface area contributed by atoms with Crippen LogP contribution in [0.4, 0.5) is 5.69 Å². The van der Waals surface area contributed by atoms with E-state index in [2.05, 4.69) is 34.3 Å². The van der Waals surface area contributed by atoms with Crippen molar-refractivity contribution in [1.82, 2.24) is 10.3 Å². The third-order valence-electron chi connectivity index (χ3n) is 5.13. The first-order valence-corrected chi connectivity index (χ1v) is 8.24. The number of nitrogens with zero attached hydrogens (tertiary/aromatic N) is 2. The van der Waals surface area contributed by atoms with Crippen molar-refractivity contribution >= 4 is 5.69 Å². The summed E-state index contributed by atoms with van der Waals surface area (Å²) in [7, 11) is 0. The van der Waals surface area contributed by atoms with E-state index in [9.17, 15) is 0 Å². The fourth-order valence-electron chi connectivity index (χ4n) is 3.82. The van der Waals surface area contributed by atoms with Gasteiger partial charge in [-0.2, -0.15) is 0 Å². The van der Waals surface area contributed by atoms with Crippen LogP contribution in [0.25, 0.3) is 0 Å². The van der Waals surface area contributed by atoms with Crippen molar-refractivity contribution in [1.29, 1.82) is 0 Å². The molecular formula is C17H27N3. The molecule has 3 nitrogen and oxygen atoms in total. The largest absolute Gasteiger partial charge is 0.371 e. The van der Waals surface area contributed by atoms with Crippen LogP contribution in [-0.2, 0) is 0 Å². The molecule has 3 heteroatoms. The lowest BCUT2D eigenvalue weighted by molar-refractivity contribution is 0.310. The number of piperidine rings is 1. The number of rotatable bonds is 4. The summed E-state index contributed by atoms with van der Waals surface area (Å²) in [6.07, 6.45) is 12.1. The van der Waals surface area contributed by atoms with Gasteiger partial charge in [0.15, 0.2) is 0 Å². The Morgan fingerprint density at radius 1 is 1.10 bits per heavy atom. The van der Waals surface area contributed by atoms with Gasteiger partial charge in [-0.05, 0) is 50.7 Å². The molecule has 1 aliphatic carbocycles. The third kappa shape index (κ3) is 3.32. The van der Waals surface area contributed by atoms with Crippen LogP contribution in [0.2, 0.25) is 0 Å². The van der Waals surface area contributed by atoms with Crippen molar-refractivity contribution in [2.45, 2.75) is 57.5 Å². The highest BCUT2D eigenvalue weighted by atomic mass is 15.1. The molecule has 1 atom stereocenters. The molecule has 1 aromatic rings. The highest BCUT2D eigenvalue weighted by Gasteiger charge is 2.25. The maximum absolute atomic E-state index is 4.10. The number of anilines is 1. The third-order valence-corrected chi connectivity index (χ3v) is 5.13. The van der Waals surface area contributed by atoms with E-state index in [1.165, 1.54) is 57.3 Å². The standard InChI is InChI=1S/C17H27N3/c1-14(15-4-2-3-5-15)19-16-8-12-20(13-9-16)17-6-10-18-11-7-17/h6-7,10-11,14-16,19H,2-5,8-9,12-13H2,1H3/t14-/m0/s1. The predicted molar refractivity (Wildman–Crippen MR) is 84.0 cm³/mol. The molecule has 110 valence electrons. The molecule has 20 heavy (non-hydrogen) atoms. The fourth-order valence-corrected chi connectivity index (χ4v) is 3.82. The second kappa shape index (κ2) is 6.57. The van der Waals surface area contributed by atoms with Crippen molar-refractivity contribution in [3.63, 3.8) is 0 Å². The van der Waals surface area contributed by atoms with Crippen molar-refractivity contribution in [3.05, 3.63) is 24.5 Å².